The molecule has 1 N–H and O–H groups in total. The van der Waals surface area contributed by atoms with Gasteiger partial charge >= 0.3 is 0 Å². The first-order valence-electron chi connectivity index (χ1n) is 9.63. The minimum atomic E-state index is -2.92. The van der Waals surface area contributed by atoms with Crippen LogP contribution < -0.4 is 10.6 Å². The number of aromatic nitrogens is 1. The van der Waals surface area contributed by atoms with Gasteiger partial charge in [-0.15, -0.1) is 0 Å². The molecule has 1 heterocycles. The number of non-ortho nitro benzene ring substituents is 1. The van der Waals surface area contributed by atoms with Crippen LogP contribution >= 0.6 is 7.14 Å². The van der Waals surface area contributed by atoms with E-state index >= 15 is 0 Å². The van der Waals surface area contributed by atoms with Crippen molar-refractivity contribution < 1.29 is 9.49 Å². The fraction of sp³-hybridized carbons (Fsp3) is 0.0833. The van der Waals surface area contributed by atoms with Crippen molar-refractivity contribution in [2.75, 3.05) is 0 Å². The van der Waals surface area contributed by atoms with E-state index in [1.54, 1.807) is 12.1 Å². The van der Waals surface area contributed by atoms with Crippen LogP contribution in [0.3, 0.4) is 0 Å². The van der Waals surface area contributed by atoms with Crippen LogP contribution in [0.2, 0.25) is 0 Å². The third-order valence-corrected chi connectivity index (χ3v) is 7.99. The van der Waals surface area contributed by atoms with Crippen molar-refractivity contribution in [3.05, 3.63) is 112 Å². The van der Waals surface area contributed by atoms with Crippen LogP contribution in [0.15, 0.2) is 90.8 Å². The first kappa shape index (κ1) is 19.9. The summed E-state index contributed by atoms with van der Waals surface area (Å²) in [6.45, 7) is 1.95. The summed E-state index contributed by atoms with van der Waals surface area (Å²) in [6, 6.07) is 23.8. The third-order valence-electron chi connectivity index (χ3n) is 5.23. The molecule has 4 aromatic rings. The number of fused-ring (bicyclic) bond motifs is 1. The lowest BCUT2D eigenvalue weighted by atomic mass is 10.1. The lowest BCUT2D eigenvalue weighted by Crippen LogP contribution is -2.13. The number of nitro benzene ring substituents is 1. The largest absolute Gasteiger partial charge is 0.358 e. The molecule has 0 saturated carbocycles. The number of aromatic amines is 1. The van der Waals surface area contributed by atoms with Gasteiger partial charge in [-0.3, -0.25) is 10.1 Å². The molecule has 0 saturated heterocycles. The lowest BCUT2D eigenvalue weighted by Gasteiger charge is -2.15. The number of rotatable bonds is 6. The molecule has 0 fully saturated rings. The molecule has 0 unspecified atom stereocenters. The second-order valence-corrected chi connectivity index (χ2v) is 9.78. The molecule has 6 heteroatoms. The molecule has 0 bridgehead atoms. The van der Waals surface area contributed by atoms with E-state index < -0.39 is 12.1 Å². The van der Waals surface area contributed by atoms with E-state index in [1.807, 2.05) is 79.5 Å². The molecule has 0 atom stereocenters. The number of aryl methyl sites for hydroxylation is 1. The number of H-pyrrole nitrogens is 1. The van der Waals surface area contributed by atoms with Gasteiger partial charge in [0.05, 0.1) is 10.4 Å². The smallest absolute Gasteiger partial charge is 0.271 e. The second-order valence-electron chi connectivity index (χ2n) is 7.13. The van der Waals surface area contributed by atoms with E-state index in [4.69, 9.17) is 0 Å². The van der Waals surface area contributed by atoms with Gasteiger partial charge in [0.15, 0.2) is 7.14 Å². The highest BCUT2D eigenvalue weighted by atomic mass is 31.2. The van der Waals surface area contributed by atoms with Crippen molar-refractivity contribution >= 4 is 34.3 Å². The Balaban J connectivity index is 1.70. The van der Waals surface area contributed by atoms with Crippen molar-refractivity contribution in [3.63, 3.8) is 0 Å². The molecule has 30 heavy (non-hydrogen) atoms. The minimum absolute atomic E-state index is 0.0588. The molecule has 0 amide bonds. The first-order chi connectivity index (χ1) is 14.5. The van der Waals surface area contributed by atoms with Crippen molar-refractivity contribution in [2.24, 2.45) is 0 Å². The van der Waals surface area contributed by atoms with Crippen molar-refractivity contribution in [1.29, 1.82) is 0 Å². The second kappa shape index (κ2) is 8.13. The fourth-order valence-corrected chi connectivity index (χ4v) is 5.97. The highest BCUT2D eigenvalue weighted by Crippen LogP contribution is 2.45. The number of hydrogen-bond acceptors (Lipinski definition) is 3. The van der Waals surface area contributed by atoms with Gasteiger partial charge < -0.3 is 9.55 Å². The Kier molecular flexibility index (Phi) is 5.39. The Hall–Kier alpha value is -3.43. The average molecular weight is 416 g/mol. The Morgan fingerprint density at radius 1 is 0.967 bits per heavy atom. The zero-order valence-electron chi connectivity index (χ0n) is 16.5. The Bertz CT molecular complexity index is 1230. The van der Waals surface area contributed by atoms with Crippen LogP contribution in [0, 0.1) is 17.0 Å². The summed E-state index contributed by atoms with van der Waals surface area (Å²) < 4.78 is 14.0. The lowest BCUT2D eigenvalue weighted by molar-refractivity contribution is -0.384. The van der Waals surface area contributed by atoms with Crippen molar-refractivity contribution in [1.82, 2.24) is 4.98 Å². The molecule has 0 spiro atoms. The normalized spacial score (nSPS) is 11.9. The molecule has 0 aliphatic carbocycles. The average Bonchev–Trinajstić information content (AvgIpc) is 3.09. The van der Waals surface area contributed by atoms with E-state index in [0.717, 1.165) is 32.8 Å². The fourth-order valence-electron chi connectivity index (χ4n) is 3.69. The van der Waals surface area contributed by atoms with Gasteiger partial charge in [0.2, 0.25) is 0 Å². The molecule has 0 aliphatic heterocycles. The number of nitrogens with zero attached hydrogens (tertiary/aromatic N) is 1. The Morgan fingerprint density at radius 2 is 1.57 bits per heavy atom. The maximum atomic E-state index is 14.0. The molecular weight excluding hydrogens is 395 g/mol. The quantitative estimate of drug-likeness (QED) is 0.258. The zero-order valence-corrected chi connectivity index (χ0v) is 17.4. The van der Waals surface area contributed by atoms with Crippen LogP contribution in [0.5, 0.6) is 0 Å². The highest BCUT2D eigenvalue weighted by molar-refractivity contribution is 7.81. The summed E-state index contributed by atoms with van der Waals surface area (Å²) in [6.07, 6.45) is 2.52. The first-order valence-corrected chi connectivity index (χ1v) is 11.4. The standard InChI is InChI=1S/C24H21N2O3P/c1-18-22(23-15-14-19(26(27)28)17-24(23)25-18)13-8-16-30(29,20-9-4-2-5-10-20)21-11-6-3-7-12-21/h2-12,14-17,25H,13H2,1H3/b16-8+. The highest BCUT2D eigenvalue weighted by Gasteiger charge is 2.23. The van der Waals surface area contributed by atoms with Gasteiger partial charge in [-0.05, 0) is 30.8 Å². The van der Waals surface area contributed by atoms with Crippen LogP contribution in [0.1, 0.15) is 11.3 Å². The maximum absolute atomic E-state index is 14.0. The van der Waals surface area contributed by atoms with Crippen LogP contribution in [0.25, 0.3) is 10.9 Å². The molecule has 1 aromatic heterocycles. The molecule has 0 radical (unpaired) electrons. The number of allylic oxidation sites excluding steroid dienone is 1. The van der Waals surface area contributed by atoms with Crippen LogP contribution in [-0.2, 0) is 11.0 Å². The molecule has 0 aliphatic rings. The number of benzene rings is 3. The molecular formula is C24H21N2O3P. The molecule has 5 nitrogen and oxygen atoms in total. The van der Waals surface area contributed by atoms with E-state index in [9.17, 15) is 14.7 Å². The number of nitro groups is 1. The van der Waals surface area contributed by atoms with Crippen LogP contribution in [0.4, 0.5) is 5.69 Å². The number of nitrogens with one attached hydrogen (secondary N) is 1. The van der Waals surface area contributed by atoms with Crippen molar-refractivity contribution in [2.45, 2.75) is 13.3 Å². The predicted molar refractivity (Wildman–Crippen MR) is 122 cm³/mol. The molecule has 150 valence electrons. The molecule has 4 rings (SSSR count). The zero-order chi connectivity index (χ0) is 21.1. The summed E-state index contributed by atoms with van der Waals surface area (Å²) in [4.78, 5) is 13.9. The summed E-state index contributed by atoms with van der Waals surface area (Å²) in [5, 5.41) is 13.6. The van der Waals surface area contributed by atoms with E-state index in [2.05, 4.69) is 4.98 Å². The Morgan fingerprint density at radius 3 is 2.13 bits per heavy atom. The van der Waals surface area contributed by atoms with Gasteiger partial charge in [0.25, 0.3) is 5.69 Å². The van der Waals surface area contributed by atoms with E-state index in [-0.39, 0.29) is 5.69 Å². The monoisotopic (exact) mass is 416 g/mol. The van der Waals surface area contributed by atoms with Gasteiger partial charge in [0.1, 0.15) is 0 Å². The van der Waals surface area contributed by atoms with Crippen molar-refractivity contribution in [3.8, 4) is 0 Å². The SMILES string of the molecule is Cc1[nH]c2cc([N+](=O)[O-])ccc2c1C/C=C/P(=O)(c1ccccc1)c1ccccc1. The minimum Gasteiger partial charge on any atom is -0.358 e. The maximum Gasteiger partial charge on any atom is 0.271 e. The van der Waals surface area contributed by atoms with Gasteiger partial charge in [0, 0.05) is 33.8 Å². The summed E-state index contributed by atoms with van der Waals surface area (Å²) >= 11 is 0. The third kappa shape index (κ3) is 3.72. The van der Waals surface area contributed by atoms with Crippen LogP contribution in [-0.4, -0.2) is 9.91 Å². The van der Waals surface area contributed by atoms with Gasteiger partial charge in [-0.2, -0.15) is 0 Å². The van der Waals surface area contributed by atoms with E-state index in [0.29, 0.717) is 6.42 Å². The summed E-state index contributed by atoms with van der Waals surface area (Å²) in [7, 11) is -2.92. The summed E-state index contributed by atoms with van der Waals surface area (Å²) in [5.74, 6) is 1.82. The van der Waals surface area contributed by atoms with E-state index in [1.165, 1.54) is 6.07 Å². The van der Waals surface area contributed by atoms with Gasteiger partial charge in [-0.25, -0.2) is 0 Å². The molecule has 3 aromatic carbocycles. The topological polar surface area (TPSA) is 76.0 Å². The number of hydrogen-bond donors (Lipinski definition) is 1. The van der Waals surface area contributed by atoms with Gasteiger partial charge in [-0.1, -0.05) is 66.7 Å². The summed E-state index contributed by atoms with van der Waals surface area (Å²) in [5.41, 5.74) is 2.79. The predicted octanol–water partition coefficient (Wildman–Crippen LogP) is 5.45. The Labute approximate surface area is 174 Å².